The molecule has 0 saturated heterocycles. The highest BCUT2D eigenvalue weighted by Crippen LogP contribution is 2.65. The zero-order valence-corrected chi connectivity index (χ0v) is 18.9. The van der Waals surface area contributed by atoms with Crippen molar-refractivity contribution < 1.29 is 19.5 Å². The van der Waals surface area contributed by atoms with Gasteiger partial charge >= 0.3 is 12.0 Å². The number of rotatable bonds is 11. The van der Waals surface area contributed by atoms with E-state index in [1.807, 2.05) is 6.92 Å². The molecule has 2 unspecified atom stereocenters. The number of nitrogens with two attached hydrogens (primary N) is 1. The highest BCUT2D eigenvalue weighted by atomic mass is 16.4. The zero-order chi connectivity index (χ0) is 22.5. The second-order valence-electron chi connectivity index (χ2n) is 9.81. The summed E-state index contributed by atoms with van der Waals surface area (Å²) in [6.45, 7) is 9.29. The average molecular weight is 425 g/mol. The topological polar surface area (TPSA) is 134 Å². The molecule has 0 radical (unpaired) electrons. The third kappa shape index (κ3) is 5.07. The van der Waals surface area contributed by atoms with Crippen molar-refractivity contribution in [1.29, 1.82) is 0 Å². The van der Waals surface area contributed by atoms with Crippen LogP contribution in [0.15, 0.2) is 0 Å². The summed E-state index contributed by atoms with van der Waals surface area (Å²) in [6, 6.07) is -2.19. The number of hydrogen-bond acceptors (Lipinski definition) is 4. The fraction of sp³-hybridized carbons (Fsp3) is 0.864. The van der Waals surface area contributed by atoms with Crippen molar-refractivity contribution in [3.63, 3.8) is 0 Å². The summed E-state index contributed by atoms with van der Waals surface area (Å²) in [7, 11) is 0. The number of fused-ring (bicyclic) bond motifs is 2. The van der Waals surface area contributed by atoms with E-state index in [0.717, 1.165) is 19.3 Å². The van der Waals surface area contributed by atoms with E-state index in [2.05, 4.69) is 36.7 Å². The Hall–Kier alpha value is -1.83. The van der Waals surface area contributed by atoms with Gasteiger partial charge in [-0.2, -0.15) is 0 Å². The fourth-order valence-electron chi connectivity index (χ4n) is 5.36. The van der Waals surface area contributed by atoms with E-state index in [1.54, 1.807) is 0 Å². The van der Waals surface area contributed by atoms with Crippen LogP contribution in [0.3, 0.4) is 0 Å². The first-order chi connectivity index (χ1) is 14.1. The summed E-state index contributed by atoms with van der Waals surface area (Å²) < 4.78 is 0. The predicted molar refractivity (Wildman–Crippen MR) is 116 cm³/mol. The summed E-state index contributed by atoms with van der Waals surface area (Å²) in [5.74, 6) is -0.661. The number of unbranched alkanes of at least 4 members (excludes halogenated alkanes) is 1. The third-order valence-electron chi connectivity index (χ3n) is 7.86. The van der Waals surface area contributed by atoms with Gasteiger partial charge in [-0.15, -0.1) is 0 Å². The number of amides is 3. The maximum Gasteiger partial charge on any atom is 0.326 e. The van der Waals surface area contributed by atoms with E-state index in [0.29, 0.717) is 38.1 Å². The smallest absolute Gasteiger partial charge is 0.326 e. The van der Waals surface area contributed by atoms with Crippen molar-refractivity contribution in [2.24, 2.45) is 22.5 Å². The van der Waals surface area contributed by atoms with E-state index < -0.39 is 24.1 Å². The molecule has 2 bridgehead atoms. The van der Waals surface area contributed by atoms with Crippen LogP contribution in [0.1, 0.15) is 79.1 Å². The molecule has 0 aliphatic heterocycles. The van der Waals surface area contributed by atoms with Gasteiger partial charge < -0.3 is 26.8 Å². The van der Waals surface area contributed by atoms with E-state index in [1.165, 1.54) is 6.42 Å². The maximum absolute atomic E-state index is 13.0. The molecule has 2 rings (SSSR count). The number of carboxylic acid groups (broad SMARTS) is 1. The molecule has 0 aromatic rings. The molecule has 2 fully saturated rings. The number of carboxylic acids is 1. The van der Waals surface area contributed by atoms with E-state index in [9.17, 15) is 19.5 Å². The molecule has 0 aromatic heterocycles. The van der Waals surface area contributed by atoms with Crippen LogP contribution >= 0.6 is 0 Å². The Morgan fingerprint density at radius 3 is 2.27 bits per heavy atom. The van der Waals surface area contributed by atoms with Gasteiger partial charge in [-0.25, -0.2) is 9.59 Å². The normalized spacial score (nSPS) is 28.6. The number of hydrogen-bond donors (Lipinski definition) is 5. The number of carbonyl (C=O) groups is 3. The van der Waals surface area contributed by atoms with Crippen molar-refractivity contribution in [3.05, 3.63) is 0 Å². The molecule has 0 spiro atoms. The maximum atomic E-state index is 13.0. The first-order valence-electron chi connectivity index (χ1n) is 11.4. The van der Waals surface area contributed by atoms with Crippen LogP contribution in [0.4, 0.5) is 4.79 Å². The first-order valence-corrected chi connectivity index (χ1v) is 11.4. The highest BCUT2D eigenvalue weighted by Gasteiger charge is 2.61. The standard InChI is InChI=1S/C22H40N4O4/c1-5-8-15(24-20(30)25-16(19(28)29)9-6-7-12-23)18(27)26-17-13-14-10-11-22(17,4)21(14,2)3/h14-17H,5-13,23H2,1-4H3,(H,26,27)(H,28,29)(H2,24,25,30)/t14-,15?,16?,17+,22+/m1/s1. The Bertz CT molecular complexity index is 639. The molecular weight excluding hydrogens is 384 g/mol. The number of urea groups is 1. The molecular formula is C22H40N4O4. The van der Waals surface area contributed by atoms with Crippen LogP contribution in [0.25, 0.3) is 0 Å². The van der Waals surface area contributed by atoms with Crippen molar-refractivity contribution >= 4 is 17.9 Å². The van der Waals surface area contributed by atoms with Gasteiger partial charge in [-0.1, -0.05) is 34.1 Å². The van der Waals surface area contributed by atoms with Gasteiger partial charge in [0.15, 0.2) is 0 Å². The average Bonchev–Trinajstić information content (AvgIpc) is 3.00. The Labute approximate surface area is 180 Å². The van der Waals surface area contributed by atoms with E-state index >= 15 is 0 Å². The largest absolute Gasteiger partial charge is 0.480 e. The molecule has 2 saturated carbocycles. The van der Waals surface area contributed by atoms with Crippen LogP contribution in [0.2, 0.25) is 0 Å². The third-order valence-corrected chi connectivity index (χ3v) is 7.86. The lowest BCUT2D eigenvalue weighted by atomic mass is 9.69. The number of nitrogens with one attached hydrogen (secondary N) is 3. The number of carbonyl (C=O) groups excluding carboxylic acids is 2. The fourth-order valence-corrected chi connectivity index (χ4v) is 5.36. The Morgan fingerprint density at radius 2 is 1.77 bits per heavy atom. The summed E-state index contributed by atoms with van der Waals surface area (Å²) >= 11 is 0. The van der Waals surface area contributed by atoms with Gasteiger partial charge in [0.1, 0.15) is 12.1 Å². The van der Waals surface area contributed by atoms with Gasteiger partial charge in [-0.3, -0.25) is 4.79 Å². The summed E-state index contributed by atoms with van der Waals surface area (Å²) in [6.07, 6.45) is 6.13. The quantitative estimate of drug-likeness (QED) is 0.325. The molecule has 0 heterocycles. The minimum atomic E-state index is -1.09. The van der Waals surface area contributed by atoms with Crippen molar-refractivity contribution in [3.8, 4) is 0 Å². The Balaban J connectivity index is 1.95. The Morgan fingerprint density at radius 1 is 1.10 bits per heavy atom. The van der Waals surface area contributed by atoms with Crippen LogP contribution in [0.5, 0.6) is 0 Å². The molecule has 5 atom stereocenters. The highest BCUT2D eigenvalue weighted by molar-refractivity contribution is 5.89. The molecule has 6 N–H and O–H groups in total. The molecule has 2 aliphatic rings. The molecule has 172 valence electrons. The predicted octanol–water partition coefficient (Wildman–Crippen LogP) is 2.37. The molecule has 30 heavy (non-hydrogen) atoms. The van der Waals surface area contributed by atoms with Gasteiger partial charge in [0.05, 0.1) is 0 Å². The summed E-state index contributed by atoms with van der Waals surface area (Å²) in [5, 5.41) is 17.7. The van der Waals surface area contributed by atoms with Crippen molar-refractivity contribution in [2.75, 3.05) is 6.54 Å². The van der Waals surface area contributed by atoms with Gasteiger partial charge in [-0.05, 0) is 68.2 Å². The lowest BCUT2D eigenvalue weighted by molar-refractivity contribution is -0.139. The Kier molecular flexibility index (Phi) is 8.13. The van der Waals surface area contributed by atoms with Crippen molar-refractivity contribution in [2.45, 2.75) is 97.2 Å². The minimum Gasteiger partial charge on any atom is -0.480 e. The molecule has 8 heteroatoms. The minimum absolute atomic E-state index is 0.0593. The zero-order valence-electron chi connectivity index (χ0n) is 18.9. The van der Waals surface area contributed by atoms with Gasteiger partial charge in [0.2, 0.25) is 5.91 Å². The van der Waals surface area contributed by atoms with E-state index in [-0.39, 0.29) is 22.8 Å². The summed E-state index contributed by atoms with van der Waals surface area (Å²) in [4.78, 5) is 36.8. The van der Waals surface area contributed by atoms with Gasteiger partial charge in [0, 0.05) is 6.04 Å². The monoisotopic (exact) mass is 424 g/mol. The molecule has 8 nitrogen and oxygen atoms in total. The first kappa shape index (κ1) is 24.4. The molecule has 3 amide bonds. The van der Waals surface area contributed by atoms with Crippen LogP contribution in [-0.2, 0) is 9.59 Å². The van der Waals surface area contributed by atoms with Crippen molar-refractivity contribution in [1.82, 2.24) is 16.0 Å². The van der Waals surface area contributed by atoms with E-state index in [4.69, 9.17) is 5.73 Å². The van der Waals surface area contributed by atoms with Gasteiger partial charge in [0.25, 0.3) is 0 Å². The lowest BCUT2D eigenvalue weighted by Gasteiger charge is -2.40. The second-order valence-corrected chi connectivity index (χ2v) is 9.81. The van der Waals surface area contributed by atoms with Crippen LogP contribution in [0, 0.1) is 16.7 Å². The van der Waals surface area contributed by atoms with Crippen LogP contribution < -0.4 is 21.7 Å². The van der Waals surface area contributed by atoms with Crippen LogP contribution in [-0.4, -0.2) is 47.7 Å². The number of aliphatic carboxylic acids is 1. The SMILES string of the molecule is CCCC(NC(=O)NC(CCCCN)C(=O)O)C(=O)N[C@H]1C[C@H]2CC[C@]1(C)C2(C)C. The molecule has 2 aliphatic carbocycles. The summed E-state index contributed by atoms with van der Waals surface area (Å²) in [5.41, 5.74) is 5.70. The molecule has 0 aromatic carbocycles. The lowest BCUT2D eigenvalue weighted by Crippen LogP contribution is -2.56. The second kappa shape index (κ2) is 9.98.